The Hall–Kier alpha value is -3.34. The molecule has 0 aliphatic carbocycles. The lowest BCUT2D eigenvalue weighted by Crippen LogP contribution is -2.20. The van der Waals surface area contributed by atoms with E-state index in [-0.39, 0.29) is 16.7 Å². The summed E-state index contributed by atoms with van der Waals surface area (Å²) in [6.45, 7) is -0.268. The molecule has 0 radical (unpaired) electrons. The van der Waals surface area contributed by atoms with Crippen LogP contribution in [0.25, 0.3) is 0 Å². The molecule has 11 heteroatoms. The molecule has 1 aromatic rings. The van der Waals surface area contributed by atoms with Gasteiger partial charge in [-0.15, -0.1) is 5.10 Å². The van der Waals surface area contributed by atoms with E-state index < -0.39 is 17.8 Å². The molecule has 0 atom stereocenters. The van der Waals surface area contributed by atoms with Crippen molar-refractivity contribution in [2.75, 3.05) is 20.8 Å². The van der Waals surface area contributed by atoms with Gasteiger partial charge in [-0.05, 0) is 35.5 Å². The van der Waals surface area contributed by atoms with Crippen LogP contribution < -0.4 is 20.5 Å². The van der Waals surface area contributed by atoms with Gasteiger partial charge in [-0.2, -0.15) is 5.10 Å². The number of ether oxygens (including phenoxy) is 3. The molecule has 1 aliphatic heterocycles. The Bertz CT molecular complexity index is 849. The Kier molecular flexibility index (Phi) is 6.94. The molecule has 0 spiro atoms. The number of nitrogens with zero attached hydrogens (tertiary/aromatic N) is 2. The van der Waals surface area contributed by atoms with Crippen LogP contribution in [0.15, 0.2) is 39.4 Å². The maximum Gasteiger partial charge on any atom is 0.331 e. The predicted octanol–water partition coefficient (Wildman–Crippen LogP) is 0.169. The van der Waals surface area contributed by atoms with Gasteiger partial charge in [0.1, 0.15) is 0 Å². The predicted molar refractivity (Wildman–Crippen MR) is 98.5 cm³/mol. The minimum atomic E-state index is -0.636. The molecule has 1 saturated heterocycles. The van der Waals surface area contributed by atoms with E-state index in [0.29, 0.717) is 17.1 Å². The van der Waals surface area contributed by atoms with E-state index in [9.17, 15) is 14.4 Å². The number of hydrogen-bond acceptors (Lipinski definition) is 9. The van der Waals surface area contributed by atoms with Gasteiger partial charge in [-0.3, -0.25) is 14.9 Å². The number of nitrogens with one attached hydrogen (secondary N) is 1. The molecule has 3 N–H and O–H groups in total. The van der Waals surface area contributed by atoms with Crippen LogP contribution in [0.1, 0.15) is 5.56 Å². The summed E-state index contributed by atoms with van der Waals surface area (Å²) in [6, 6.07) is 4.90. The summed E-state index contributed by atoms with van der Waals surface area (Å²) in [6.07, 6.45) is 2.50. The van der Waals surface area contributed by atoms with E-state index in [1.807, 2.05) is 0 Å². The number of methoxy groups -OCH3 is 2. The van der Waals surface area contributed by atoms with E-state index in [2.05, 4.69) is 20.3 Å². The first kappa shape index (κ1) is 20.0. The lowest BCUT2D eigenvalue weighted by molar-refractivity contribution is -0.135. The van der Waals surface area contributed by atoms with Crippen LogP contribution in [0, 0.1) is 0 Å². The van der Waals surface area contributed by atoms with Gasteiger partial charge >= 0.3 is 5.97 Å². The molecule has 0 unspecified atom stereocenters. The smallest absolute Gasteiger partial charge is 0.331 e. The zero-order valence-electron chi connectivity index (χ0n) is 14.4. The van der Waals surface area contributed by atoms with Crippen molar-refractivity contribution in [3.63, 3.8) is 0 Å². The lowest BCUT2D eigenvalue weighted by atomic mass is 10.2. The molecule has 1 aliphatic rings. The zero-order valence-corrected chi connectivity index (χ0v) is 15.2. The van der Waals surface area contributed by atoms with Gasteiger partial charge in [0, 0.05) is 6.08 Å². The van der Waals surface area contributed by atoms with Crippen molar-refractivity contribution in [3.8, 4) is 11.5 Å². The van der Waals surface area contributed by atoms with Crippen LogP contribution in [0.2, 0.25) is 0 Å². The number of rotatable bonds is 7. The first-order valence-corrected chi connectivity index (χ1v) is 8.23. The number of nitrogens with two attached hydrogens (primary N) is 1. The molecule has 10 nitrogen and oxygen atoms in total. The van der Waals surface area contributed by atoms with Crippen molar-refractivity contribution in [2.24, 2.45) is 15.9 Å². The third-order valence-electron chi connectivity index (χ3n) is 3.01. The summed E-state index contributed by atoms with van der Waals surface area (Å²) in [5, 5.41) is 10.5. The highest BCUT2D eigenvalue weighted by Crippen LogP contribution is 2.27. The van der Waals surface area contributed by atoms with E-state index in [1.165, 1.54) is 20.4 Å². The van der Waals surface area contributed by atoms with Crippen LogP contribution in [-0.2, 0) is 19.1 Å². The van der Waals surface area contributed by atoms with Gasteiger partial charge in [-0.25, -0.2) is 4.79 Å². The molecule has 2 rings (SSSR count). The van der Waals surface area contributed by atoms with Crippen molar-refractivity contribution < 1.29 is 28.6 Å². The highest BCUT2D eigenvalue weighted by atomic mass is 32.2. The standard InChI is InChI=1S/C16H16N4O6S/c1-24-11-5-9(3-4-10(11)26-8-13(17)21)7-18-20-16-19-15(23)12(27-16)6-14(22)25-2/h3-7H,8H2,1-2H3,(H2,17,21)(H,19,20,23)/b12-6+,18-7?. The van der Waals surface area contributed by atoms with Crippen molar-refractivity contribution in [1.29, 1.82) is 0 Å². The van der Waals surface area contributed by atoms with Gasteiger partial charge < -0.3 is 19.9 Å². The second-order valence-electron chi connectivity index (χ2n) is 4.90. The van der Waals surface area contributed by atoms with E-state index >= 15 is 0 Å². The second kappa shape index (κ2) is 9.38. The summed E-state index contributed by atoms with van der Waals surface area (Å²) >= 11 is 0.964. The van der Waals surface area contributed by atoms with Crippen LogP contribution >= 0.6 is 11.8 Å². The molecule has 0 aromatic heterocycles. The molecule has 1 fully saturated rings. The van der Waals surface area contributed by atoms with E-state index in [4.69, 9.17) is 15.2 Å². The molecule has 1 aromatic carbocycles. The van der Waals surface area contributed by atoms with Crippen molar-refractivity contribution in [1.82, 2.24) is 5.32 Å². The fraction of sp³-hybridized carbons (Fsp3) is 0.188. The Labute approximate surface area is 158 Å². The van der Waals surface area contributed by atoms with Crippen LogP contribution in [0.5, 0.6) is 11.5 Å². The number of carbonyl (C=O) groups is 3. The summed E-state index contributed by atoms with van der Waals surface area (Å²) in [4.78, 5) is 33.8. The van der Waals surface area contributed by atoms with Crippen LogP contribution in [0.3, 0.4) is 0 Å². The minimum absolute atomic E-state index is 0.161. The summed E-state index contributed by atoms with van der Waals surface area (Å²) in [7, 11) is 2.67. The number of primary amides is 1. The average molecular weight is 392 g/mol. The lowest BCUT2D eigenvalue weighted by Gasteiger charge is -2.09. The molecular weight excluding hydrogens is 376 g/mol. The molecular formula is C16H16N4O6S. The molecule has 0 saturated carbocycles. The molecule has 142 valence electrons. The Morgan fingerprint density at radius 2 is 2.07 bits per heavy atom. The van der Waals surface area contributed by atoms with Gasteiger partial charge in [0.05, 0.1) is 25.3 Å². The first-order chi connectivity index (χ1) is 12.9. The Morgan fingerprint density at radius 3 is 2.74 bits per heavy atom. The van der Waals surface area contributed by atoms with Gasteiger partial charge in [0.15, 0.2) is 23.3 Å². The number of thioether (sulfide) groups is 1. The summed E-state index contributed by atoms with van der Waals surface area (Å²) < 4.78 is 14.9. The number of amides is 2. The second-order valence-corrected chi connectivity index (χ2v) is 5.93. The van der Waals surface area contributed by atoms with E-state index in [1.54, 1.807) is 18.2 Å². The number of benzene rings is 1. The summed E-state index contributed by atoms with van der Waals surface area (Å²) in [5.74, 6) is -0.953. The van der Waals surface area contributed by atoms with Crippen LogP contribution in [0.4, 0.5) is 0 Å². The average Bonchev–Trinajstić information content (AvgIpc) is 2.99. The number of amidine groups is 1. The molecule has 0 bridgehead atoms. The first-order valence-electron chi connectivity index (χ1n) is 7.42. The topological polar surface area (TPSA) is 142 Å². The third-order valence-corrected chi connectivity index (χ3v) is 3.91. The van der Waals surface area contributed by atoms with Crippen LogP contribution in [-0.4, -0.2) is 50.0 Å². The highest BCUT2D eigenvalue weighted by molar-refractivity contribution is 8.18. The molecule has 27 heavy (non-hydrogen) atoms. The Morgan fingerprint density at radius 1 is 1.30 bits per heavy atom. The van der Waals surface area contributed by atoms with E-state index in [0.717, 1.165) is 17.8 Å². The van der Waals surface area contributed by atoms with Crippen molar-refractivity contribution in [3.05, 3.63) is 34.7 Å². The largest absolute Gasteiger partial charge is 0.493 e. The fourth-order valence-electron chi connectivity index (χ4n) is 1.82. The summed E-state index contributed by atoms with van der Waals surface area (Å²) in [5.41, 5.74) is 5.68. The number of carbonyl (C=O) groups excluding carboxylic acids is 3. The zero-order chi connectivity index (χ0) is 19.8. The normalized spacial score (nSPS) is 16.6. The van der Waals surface area contributed by atoms with Crippen molar-refractivity contribution in [2.45, 2.75) is 0 Å². The monoisotopic (exact) mass is 392 g/mol. The minimum Gasteiger partial charge on any atom is -0.493 e. The highest BCUT2D eigenvalue weighted by Gasteiger charge is 2.24. The number of esters is 1. The fourth-order valence-corrected chi connectivity index (χ4v) is 2.56. The quantitative estimate of drug-likeness (QED) is 0.291. The maximum atomic E-state index is 11.7. The maximum absolute atomic E-state index is 11.7. The third kappa shape index (κ3) is 5.85. The van der Waals surface area contributed by atoms with Crippen molar-refractivity contribution >= 4 is 40.9 Å². The Balaban J connectivity index is 2.06. The van der Waals surface area contributed by atoms with Gasteiger partial charge in [-0.1, -0.05) is 0 Å². The SMILES string of the molecule is COC(=O)/C=C1/S/C(=N\N=Cc2ccc(OCC(N)=O)c(OC)c2)NC1=O. The molecule has 1 heterocycles. The van der Waals surface area contributed by atoms with Gasteiger partial charge in [0.25, 0.3) is 11.8 Å². The number of hydrogen-bond donors (Lipinski definition) is 2. The van der Waals surface area contributed by atoms with Gasteiger partial charge in [0.2, 0.25) is 0 Å². The molecule has 2 amide bonds.